The fourth-order valence-corrected chi connectivity index (χ4v) is 3.87. The molecular weight excluding hydrogens is 352 g/mol. The van der Waals surface area contributed by atoms with Crippen LogP contribution in [0.15, 0.2) is 11.6 Å². The van der Waals surface area contributed by atoms with E-state index >= 15 is 0 Å². The molecule has 0 aromatic rings. The van der Waals surface area contributed by atoms with Gasteiger partial charge in [-0.25, -0.2) is 0 Å². The van der Waals surface area contributed by atoms with Crippen molar-refractivity contribution >= 4 is 23.2 Å². The highest BCUT2D eigenvalue weighted by Gasteiger charge is 2.06. The molecule has 0 bridgehead atoms. The molecule has 0 saturated heterocycles. The number of unbranched alkanes of at least 4 members (excludes halogenated alkanes) is 10. The van der Waals surface area contributed by atoms with Gasteiger partial charge in [0.15, 0.2) is 5.11 Å². The molecule has 3 nitrogen and oxygen atoms in total. The molecule has 156 valence electrons. The molecule has 0 saturated carbocycles. The Bertz CT molecular complexity index is 434. The van der Waals surface area contributed by atoms with E-state index in [-0.39, 0.29) is 5.91 Å². The summed E-state index contributed by atoms with van der Waals surface area (Å²) in [6, 6.07) is 0. The molecule has 1 aliphatic rings. The molecule has 1 rings (SSSR count). The third-order valence-corrected chi connectivity index (χ3v) is 5.62. The summed E-state index contributed by atoms with van der Waals surface area (Å²) in [5, 5.41) is 6.46. The molecule has 0 atom stereocenters. The second kappa shape index (κ2) is 17.2. The topological polar surface area (TPSA) is 41.1 Å². The van der Waals surface area contributed by atoms with Gasteiger partial charge in [0.1, 0.15) is 0 Å². The average Bonchev–Trinajstić information content (AvgIpc) is 2.67. The van der Waals surface area contributed by atoms with Crippen molar-refractivity contribution < 1.29 is 4.79 Å². The standard InChI is InChI=1S/C23H42N2OS/c1-2-3-4-5-6-7-8-9-10-11-15-18-22(26)25-23(27)24-20-19-21-16-13-12-14-17-21/h16H,2-15,17-20H2,1H3,(H2,24,25,26,27). The van der Waals surface area contributed by atoms with Crippen LogP contribution in [0, 0.1) is 0 Å². The maximum Gasteiger partial charge on any atom is 0.226 e. The van der Waals surface area contributed by atoms with Gasteiger partial charge in [0.25, 0.3) is 0 Å². The van der Waals surface area contributed by atoms with E-state index in [4.69, 9.17) is 12.2 Å². The van der Waals surface area contributed by atoms with Crippen molar-refractivity contribution in [3.05, 3.63) is 11.6 Å². The van der Waals surface area contributed by atoms with Gasteiger partial charge >= 0.3 is 0 Å². The molecular formula is C23H42N2OS. The number of carbonyl (C=O) groups is 1. The predicted molar refractivity (Wildman–Crippen MR) is 121 cm³/mol. The second-order valence-electron chi connectivity index (χ2n) is 7.95. The smallest absolute Gasteiger partial charge is 0.226 e. The summed E-state index contributed by atoms with van der Waals surface area (Å²) >= 11 is 5.22. The van der Waals surface area contributed by atoms with Crippen molar-refractivity contribution in [2.24, 2.45) is 0 Å². The first-order chi connectivity index (χ1) is 13.2. The van der Waals surface area contributed by atoms with Gasteiger partial charge in [-0.05, 0) is 50.7 Å². The lowest BCUT2D eigenvalue weighted by Crippen LogP contribution is -2.39. The third-order valence-electron chi connectivity index (χ3n) is 5.38. The zero-order valence-electron chi connectivity index (χ0n) is 17.6. The Labute approximate surface area is 173 Å². The van der Waals surface area contributed by atoms with E-state index in [9.17, 15) is 4.79 Å². The maximum atomic E-state index is 11.9. The summed E-state index contributed by atoms with van der Waals surface area (Å²) in [6.45, 7) is 3.09. The molecule has 0 aromatic carbocycles. The van der Waals surface area contributed by atoms with E-state index in [1.54, 1.807) is 0 Å². The van der Waals surface area contributed by atoms with Gasteiger partial charge in [0.2, 0.25) is 5.91 Å². The van der Waals surface area contributed by atoms with Gasteiger partial charge < -0.3 is 10.6 Å². The number of hydrogen-bond donors (Lipinski definition) is 2. The minimum absolute atomic E-state index is 0.0558. The summed E-state index contributed by atoms with van der Waals surface area (Å²) < 4.78 is 0. The van der Waals surface area contributed by atoms with E-state index in [1.807, 2.05) is 0 Å². The largest absolute Gasteiger partial charge is 0.362 e. The monoisotopic (exact) mass is 394 g/mol. The van der Waals surface area contributed by atoms with Crippen LogP contribution in [0.4, 0.5) is 0 Å². The van der Waals surface area contributed by atoms with E-state index in [0.717, 1.165) is 25.8 Å². The van der Waals surface area contributed by atoms with Gasteiger partial charge in [-0.15, -0.1) is 0 Å². The van der Waals surface area contributed by atoms with Crippen LogP contribution in [0.1, 0.15) is 116 Å². The van der Waals surface area contributed by atoms with Crippen LogP contribution in [0.2, 0.25) is 0 Å². The van der Waals surface area contributed by atoms with Crippen LogP contribution >= 0.6 is 12.2 Å². The van der Waals surface area contributed by atoms with Crippen molar-refractivity contribution in [3.8, 4) is 0 Å². The second-order valence-corrected chi connectivity index (χ2v) is 8.36. The summed E-state index contributed by atoms with van der Waals surface area (Å²) in [4.78, 5) is 11.9. The molecule has 0 spiro atoms. The first-order valence-electron chi connectivity index (χ1n) is 11.5. The van der Waals surface area contributed by atoms with Crippen molar-refractivity contribution in [1.82, 2.24) is 10.6 Å². The lowest BCUT2D eigenvalue weighted by Gasteiger charge is -2.14. The van der Waals surface area contributed by atoms with E-state index in [1.165, 1.54) is 89.0 Å². The van der Waals surface area contributed by atoms with Crippen LogP contribution in [-0.2, 0) is 4.79 Å². The van der Waals surface area contributed by atoms with Gasteiger partial charge in [-0.2, -0.15) is 0 Å². The SMILES string of the molecule is CCCCCCCCCCCCCC(=O)NC(=S)NCCC1=CCCCC1. The highest BCUT2D eigenvalue weighted by Crippen LogP contribution is 2.19. The Hall–Kier alpha value is -0.900. The van der Waals surface area contributed by atoms with Crippen molar-refractivity contribution in [2.75, 3.05) is 6.54 Å². The van der Waals surface area contributed by atoms with Gasteiger partial charge in [-0.3, -0.25) is 4.79 Å². The van der Waals surface area contributed by atoms with E-state index < -0.39 is 0 Å². The first-order valence-corrected chi connectivity index (χ1v) is 11.9. The lowest BCUT2D eigenvalue weighted by molar-refractivity contribution is -0.119. The van der Waals surface area contributed by atoms with Crippen LogP contribution < -0.4 is 10.6 Å². The van der Waals surface area contributed by atoms with Gasteiger partial charge in [0.05, 0.1) is 0 Å². The number of amides is 1. The Morgan fingerprint density at radius 3 is 2.19 bits per heavy atom. The molecule has 1 amide bonds. The maximum absolute atomic E-state index is 11.9. The zero-order chi connectivity index (χ0) is 19.6. The molecule has 1 aliphatic carbocycles. The molecule has 2 N–H and O–H groups in total. The predicted octanol–water partition coefficient (Wildman–Crippen LogP) is 6.57. The summed E-state index contributed by atoms with van der Waals surface area (Å²) in [5.41, 5.74) is 1.53. The van der Waals surface area contributed by atoms with Crippen molar-refractivity contribution in [2.45, 2.75) is 116 Å². The van der Waals surface area contributed by atoms with Crippen LogP contribution in [0.5, 0.6) is 0 Å². The first kappa shape index (κ1) is 24.1. The highest BCUT2D eigenvalue weighted by atomic mass is 32.1. The lowest BCUT2D eigenvalue weighted by atomic mass is 9.97. The quantitative estimate of drug-likeness (QED) is 0.187. The normalized spacial score (nSPS) is 13.9. The average molecular weight is 395 g/mol. The molecule has 0 aliphatic heterocycles. The fraction of sp³-hybridized carbons (Fsp3) is 0.826. The number of allylic oxidation sites excluding steroid dienone is 1. The number of rotatable bonds is 15. The summed E-state index contributed by atoms with van der Waals surface area (Å²) in [6.07, 6.45) is 23.4. The Balaban J connectivity index is 1.87. The fourth-order valence-electron chi connectivity index (χ4n) is 3.65. The molecule has 0 heterocycles. The van der Waals surface area contributed by atoms with Crippen molar-refractivity contribution in [3.63, 3.8) is 0 Å². The minimum atomic E-state index is 0.0558. The van der Waals surface area contributed by atoms with Crippen LogP contribution in [-0.4, -0.2) is 17.6 Å². The molecule has 0 unspecified atom stereocenters. The van der Waals surface area contributed by atoms with Crippen LogP contribution in [0.3, 0.4) is 0 Å². The summed E-state index contributed by atoms with van der Waals surface area (Å²) in [5.74, 6) is 0.0558. The molecule has 0 fully saturated rings. The summed E-state index contributed by atoms with van der Waals surface area (Å²) in [7, 11) is 0. The number of thiocarbonyl (C=S) groups is 1. The minimum Gasteiger partial charge on any atom is -0.362 e. The zero-order valence-corrected chi connectivity index (χ0v) is 18.4. The molecule has 0 radical (unpaired) electrons. The van der Waals surface area contributed by atoms with Gasteiger partial charge in [-0.1, -0.05) is 82.8 Å². The van der Waals surface area contributed by atoms with Crippen molar-refractivity contribution in [1.29, 1.82) is 0 Å². The Kier molecular flexibility index (Phi) is 15.4. The number of carbonyl (C=O) groups excluding carboxylic acids is 1. The molecule has 0 aromatic heterocycles. The highest BCUT2D eigenvalue weighted by molar-refractivity contribution is 7.80. The third kappa shape index (κ3) is 14.8. The Morgan fingerprint density at radius 1 is 0.963 bits per heavy atom. The number of hydrogen-bond acceptors (Lipinski definition) is 2. The Morgan fingerprint density at radius 2 is 1.59 bits per heavy atom. The van der Waals surface area contributed by atoms with Gasteiger partial charge in [0, 0.05) is 13.0 Å². The molecule has 4 heteroatoms. The van der Waals surface area contributed by atoms with E-state index in [2.05, 4.69) is 23.6 Å². The van der Waals surface area contributed by atoms with Crippen LogP contribution in [0.25, 0.3) is 0 Å². The van der Waals surface area contributed by atoms with E-state index in [0.29, 0.717) is 11.5 Å². The molecule has 27 heavy (non-hydrogen) atoms. The number of nitrogens with one attached hydrogen (secondary N) is 2.